The lowest BCUT2D eigenvalue weighted by atomic mass is 9.95. The van der Waals surface area contributed by atoms with Crippen LogP contribution in [0.25, 0.3) is 0 Å². The maximum atomic E-state index is 13.5. The van der Waals surface area contributed by atoms with Gasteiger partial charge in [0.05, 0.1) is 18.0 Å². The first kappa shape index (κ1) is 22.1. The third kappa shape index (κ3) is 5.72. The second kappa shape index (κ2) is 10.4. The van der Waals surface area contributed by atoms with E-state index in [1.54, 1.807) is 24.3 Å². The maximum Gasteiger partial charge on any atom is 0.243 e. The van der Waals surface area contributed by atoms with Gasteiger partial charge in [-0.25, -0.2) is 8.42 Å². The predicted molar refractivity (Wildman–Crippen MR) is 113 cm³/mol. The molecule has 162 valence electrons. The third-order valence-corrected chi connectivity index (χ3v) is 7.89. The second-order valence-electron chi connectivity index (χ2n) is 8.04. The molecular formula is C22H34N2O4S. The van der Waals surface area contributed by atoms with E-state index < -0.39 is 10.0 Å². The van der Waals surface area contributed by atoms with E-state index in [1.165, 1.54) is 4.31 Å². The number of hydrogen-bond donors (Lipinski definition) is 0. The van der Waals surface area contributed by atoms with E-state index in [2.05, 4.69) is 0 Å². The van der Waals surface area contributed by atoms with Crippen molar-refractivity contribution in [2.24, 2.45) is 0 Å². The zero-order chi connectivity index (χ0) is 20.7. The van der Waals surface area contributed by atoms with Crippen LogP contribution in [-0.4, -0.2) is 55.8 Å². The minimum Gasteiger partial charge on any atom is -0.494 e. The Labute approximate surface area is 175 Å². The van der Waals surface area contributed by atoms with Gasteiger partial charge in [0.15, 0.2) is 0 Å². The van der Waals surface area contributed by atoms with Crippen molar-refractivity contribution in [2.75, 3.05) is 26.2 Å². The quantitative estimate of drug-likeness (QED) is 0.670. The molecular weight excluding hydrogens is 388 g/mol. The number of carbonyl (C=O) groups is 1. The predicted octanol–water partition coefficient (Wildman–Crippen LogP) is 3.81. The summed E-state index contributed by atoms with van der Waals surface area (Å²) in [5, 5.41) is 0. The monoisotopic (exact) mass is 422 g/mol. The highest BCUT2D eigenvalue weighted by atomic mass is 32.2. The smallest absolute Gasteiger partial charge is 0.243 e. The van der Waals surface area contributed by atoms with E-state index in [-0.39, 0.29) is 23.4 Å². The van der Waals surface area contributed by atoms with Crippen molar-refractivity contribution in [1.29, 1.82) is 0 Å². The number of carbonyl (C=O) groups excluding carboxylic acids is 1. The van der Waals surface area contributed by atoms with Gasteiger partial charge >= 0.3 is 0 Å². The Morgan fingerprint density at radius 2 is 1.59 bits per heavy atom. The molecule has 1 aliphatic heterocycles. The van der Waals surface area contributed by atoms with E-state index in [4.69, 9.17) is 4.74 Å². The molecule has 0 N–H and O–H groups in total. The number of likely N-dealkylation sites (tertiary alicyclic amines) is 1. The molecule has 1 aromatic rings. The van der Waals surface area contributed by atoms with E-state index >= 15 is 0 Å². The van der Waals surface area contributed by atoms with Crippen molar-refractivity contribution in [3.63, 3.8) is 0 Å². The maximum absolute atomic E-state index is 13.5. The van der Waals surface area contributed by atoms with Crippen LogP contribution in [0.1, 0.15) is 64.7 Å². The van der Waals surface area contributed by atoms with Crippen molar-refractivity contribution in [2.45, 2.75) is 75.6 Å². The van der Waals surface area contributed by atoms with E-state index in [1.807, 2.05) is 11.8 Å². The highest BCUT2D eigenvalue weighted by Crippen LogP contribution is 2.29. The Balaban J connectivity index is 1.82. The summed E-state index contributed by atoms with van der Waals surface area (Å²) in [6.07, 6.45) is 9.08. The van der Waals surface area contributed by atoms with Gasteiger partial charge in [0, 0.05) is 19.1 Å². The summed E-state index contributed by atoms with van der Waals surface area (Å²) in [5.74, 6) is 0.586. The van der Waals surface area contributed by atoms with Crippen LogP contribution in [0.15, 0.2) is 29.2 Å². The topological polar surface area (TPSA) is 66.9 Å². The summed E-state index contributed by atoms with van der Waals surface area (Å²) < 4.78 is 33.9. The van der Waals surface area contributed by atoms with Gasteiger partial charge in [-0.1, -0.05) is 32.1 Å². The molecule has 2 fully saturated rings. The van der Waals surface area contributed by atoms with Gasteiger partial charge in [-0.05, 0) is 56.9 Å². The van der Waals surface area contributed by atoms with E-state index in [0.717, 1.165) is 70.9 Å². The summed E-state index contributed by atoms with van der Waals surface area (Å²) in [6.45, 7) is 3.84. The van der Waals surface area contributed by atoms with Gasteiger partial charge in [-0.2, -0.15) is 4.31 Å². The molecule has 1 saturated carbocycles. The normalized spacial score (nSPS) is 19.2. The minimum atomic E-state index is -3.74. The van der Waals surface area contributed by atoms with Crippen LogP contribution in [0, 0.1) is 0 Å². The lowest BCUT2D eigenvalue weighted by Crippen LogP contribution is -2.48. The molecule has 1 saturated heterocycles. The minimum absolute atomic E-state index is 0.0553. The fraction of sp³-hybridized carbons (Fsp3) is 0.682. The average Bonchev–Trinajstić information content (AvgIpc) is 3.03. The zero-order valence-electron chi connectivity index (χ0n) is 17.5. The summed E-state index contributed by atoms with van der Waals surface area (Å²) in [5.41, 5.74) is 0. The molecule has 0 bridgehead atoms. The van der Waals surface area contributed by atoms with Gasteiger partial charge < -0.3 is 9.64 Å². The first-order valence-corrected chi connectivity index (χ1v) is 12.5. The molecule has 0 unspecified atom stereocenters. The summed E-state index contributed by atoms with van der Waals surface area (Å²) in [7, 11) is -3.74. The molecule has 3 rings (SSSR count). The van der Waals surface area contributed by atoms with Crippen molar-refractivity contribution >= 4 is 15.9 Å². The Morgan fingerprint density at radius 3 is 2.17 bits per heavy atom. The van der Waals surface area contributed by atoms with E-state index in [9.17, 15) is 13.2 Å². The molecule has 29 heavy (non-hydrogen) atoms. The number of hydrogen-bond acceptors (Lipinski definition) is 4. The average molecular weight is 423 g/mol. The van der Waals surface area contributed by atoms with Crippen LogP contribution in [0.2, 0.25) is 0 Å². The van der Waals surface area contributed by atoms with Crippen LogP contribution in [0.5, 0.6) is 5.75 Å². The largest absolute Gasteiger partial charge is 0.494 e. The van der Waals surface area contributed by atoms with Crippen molar-refractivity contribution < 1.29 is 17.9 Å². The van der Waals surface area contributed by atoms with Gasteiger partial charge in [-0.3, -0.25) is 4.79 Å². The van der Waals surface area contributed by atoms with Crippen LogP contribution < -0.4 is 4.74 Å². The number of sulfonamides is 1. The molecule has 0 aromatic heterocycles. The van der Waals surface area contributed by atoms with Gasteiger partial charge in [0.2, 0.25) is 15.9 Å². The number of rotatable bonds is 7. The molecule has 1 aromatic carbocycles. The molecule has 1 amide bonds. The van der Waals surface area contributed by atoms with Crippen LogP contribution >= 0.6 is 0 Å². The number of benzene rings is 1. The summed E-state index contributed by atoms with van der Waals surface area (Å²) in [6, 6.07) is 6.45. The lowest BCUT2D eigenvalue weighted by Gasteiger charge is -2.34. The summed E-state index contributed by atoms with van der Waals surface area (Å²) >= 11 is 0. The first-order valence-electron chi connectivity index (χ1n) is 11.0. The van der Waals surface area contributed by atoms with Crippen LogP contribution in [-0.2, 0) is 14.8 Å². The Morgan fingerprint density at radius 1 is 1.00 bits per heavy atom. The van der Waals surface area contributed by atoms with E-state index in [0.29, 0.717) is 12.4 Å². The molecule has 1 aliphatic carbocycles. The fourth-order valence-electron chi connectivity index (χ4n) is 4.34. The first-order chi connectivity index (χ1) is 14.0. The Hall–Kier alpha value is -1.60. The molecule has 7 heteroatoms. The highest BCUT2D eigenvalue weighted by molar-refractivity contribution is 7.89. The van der Waals surface area contributed by atoms with Crippen molar-refractivity contribution in [3.8, 4) is 5.75 Å². The van der Waals surface area contributed by atoms with Crippen molar-refractivity contribution in [3.05, 3.63) is 24.3 Å². The third-order valence-electron chi connectivity index (χ3n) is 5.97. The molecule has 1 heterocycles. The lowest BCUT2D eigenvalue weighted by molar-refractivity contribution is -0.131. The fourth-order valence-corrected chi connectivity index (χ4v) is 5.98. The zero-order valence-corrected chi connectivity index (χ0v) is 18.3. The van der Waals surface area contributed by atoms with Gasteiger partial charge in [0.1, 0.15) is 5.75 Å². The van der Waals surface area contributed by atoms with Crippen molar-refractivity contribution in [1.82, 2.24) is 9.21 Å². The number of ether oxygens (including phenoxy) is 1. The van der Waals surface area contributed by atoms with Crippen LogP contribution in [0.4, 0.5) is 0 Å². The van der Waals surface area contributed by atoms with Gasteiger partial charge in [-0.15, -0.1) is 0 Å². The molecule has 2 aliphatic rings. The number of amides is 1. The van der Waals surface area contributed by atoms with Gasteiger partial charge in [0.25, 0.3) is 0 Å². The number of nitrogens with zero attached hydrogens (tertiary/aromatic N) is 2. The molecule has 0 radical (unpaired) electrons. The molecule has 6 nitrogen and oxygen atoms in total. The summed E-state index contributed by atoms with van der Waals surface area (Å²) in [4.78, 5) is 15.1. The highest BCUT2D eigenvalue weighted by Gasteiger charge is 2.35. The standard InChI is InChI=1S/C22H34N2O4S/c1-2-28-20-12-14-21(15-13-20)29(26,27)24(19-10-6-5-7-11-19)18-22(25)23-16-8-3-4-9-17-23/h12-15,19H,2-11,16-18H2,1H3. The molecule has 0 atom stereocenters. The van der Waals surface area contributed by atoms with Crippen LogP contribution in [0.3, 0.4) is 0 Å². The SMILES string of the molecule is CCOc1ccc(S(=O)(=O)N(CC(=O)N2CCCCCC2)C2CCCCC2)cc1. The Kier molecular flexibility index (Phi) is 7.95. The Bertz CT molecular complexity index is 750. The molecule has 0 spiro atoms. The second-order valence-corrected chi connectivity index (χ2v) is 9.93.